The number of rotatable bonds is 15. The second kappa shape index (κ2) is 14.6. The average Bonchev–Trinajstić information content (AvgIpc) is 3.30. The molecule has 0 fully saturated rings. The number of aromatic nitrogens is 3. The zero-order valence-corrected chi connectivity index (χ0v) is 30.9. The van der Waals surface area contributed by atoms with Crippen molar-refractivity contribution in [2.24, 2.45) is 0 Å². The molecule has 0 saturated carbocycles. The van der Waals surface area contributed by atoms with Crippen molar-refractivity contribution < 1.29 is 0 Å². The third-order valence-electron chi connectivity index (χ3n) is 11.4. The van der Waals surface area contributed by atoms with Gasteiger partial charge in [-0.1, -0.05) is 108 Å². The molecule has 0 spiro atoms. The molecule has 8 rings (SSSR count). The van der Waals surface area contributed by atoms with Crippen molar-refractivity contribution in [3.63, 3.8) is 0 Å². The lowest BCUT2D eigenvalue weighted by atomic mass is 9.94. The van der Waals surface area contributed by atoms with Gasteiger partial charge in [0.05, 0.1) is 11.0 Å². The number of hydrogen-bond donors (Lipinski definition) is 0. The van der Waals surface area contributed by atoms with E-state index in [1.54, 1.807) is 0 Å². The summed E-state index contributed by atoms with van der Waals surface area (Å²) in [5.41, 5.74) is 1.53. The molecule has 0 radical (unpaired) electrons. The second-order valence-corrected chi connectivity index (χ2v) is 14.8. The summed E-state index contributed by atoms with van der Waals surface area (Å²) in [5, 5.41) is 6.77. The summed E-state index contributed by atoms with van der Waals surface area (Å²) in [7, 11) is 0. The molecule has 3 aromatic heterocycles. The molecule has 53 heavy (non-hydrogen) atoms. The highest BCUT2D eigenvalue weighted by molar-refractivity contribution is 6.33. The molecule has 270 valence electrons. The molecule has 7 nitrogen and oxygen atoms in total. The number of nitrogens with zero attached hydrogens (tertiary/aromatic N) is 3. The van der Waals surface area contributed by atoms with E-state index in [0.717, 1.165) is 76.8 Å². The molecular formula is C46H47N3O4. The van der Waals surface area contributed by atoms with Crippen molar-refractivity contribution in [3.05, 3.63) is 120 Å². The van der Waals surface area contributed by atoms with Gasteiger partial charge >= 0.3 is 0 Å². The fourth-order valence-corrected chi connectivity index (χ4v) is 8.75. The smallest absolute Gasteiger partial charge is 0.261 e. The number of unbranched alkanes of at least 4 members (excludes halogenated alkanes) is 10. The Morgan fingerprint density at radius 2 is 0.736 bits per heavy atom. The van der Waals surface area contributed by atoms with Crippen LogP contribution in [0.4, 0.5) is 0 Å². The van der Waals surface area contributed by atoms with Crippen molar-refractivity contribution in [1.82, 2.24) is 13.7 Å². The monoisotopic (exact) mass is 705 g/mol. The molecule has 0 amide bonds. The molecule has 0 bridgehead atoms. The quantitative estimate of drug-likeness (QED) is 0.0995. The van der Waals surface area contributed by atoms with Crippen LogP contribution in [0.3, 0.4) is 0 Å². The first-order chi connectivity index (χ1) is 26.0. The Morgan fingerprint density at radius 1 is 0.377 bits per heavy atom. The molecule has 0 aliphatic carbocycles. The van der Waals surface area contributed by atoms with E-state index < -0.39 is 0 Å². The summed E-state index contributed by atoms with van der Waals surface area (Å²) in [6.07, 6.45) is 12.8. The standard InChI is InChI=1S/C46H47N3O4/c1-3-5-7-9-11-16-28-47-43(50)33-22-20-31-32-21-23-34-40-36(46(53)48(44(34)51)29-17-12-10-8-6-4-2)25-27-38(42(32)40)49(30-18-14-13-15-19-30)37-26-24-35(45(47)52)39(33)41(31)37/h13-15,18-27H,3-12,16-17,28-29H2,1-2H3. The lowest BCUT2D eigenvalue weighted by molar-refractivity contribution is 0.545. The lowest BCUT2D eigenvalue weighted by Gasteiger charge is -2.16. The van der Waals surface area contributed by atoms with E-state index in [0.29, 0.717) is 45.4 Å². The van der Waals surface area contributed by atoms with Crippen LogP contribution < -0.4 is 22.2 Å². The molecule has 0 atom stereocenters. The summed E-state index contributed by atoms with van der Waals surface area (Å²) in [5.74, 6) is 0. The van der Waals surface area contributed by atoms with E-state index in [4.69, 9.17) is 0 Å². The molecule has 0 saturated heterocycles. The zero-order chi connectivity index (χ0) is 36.6. The lowest BCUT2D eigenvalue weighted by Crippen LogP contribution is -2.33. The minimum absolute atomic E-state index is 0.258. The predicted octanol–water partition coefficient (Wildman–Crippen LogP) is 10.0. The number of para-hydroxylation sites is 1. The molecule has 3 heterocycles. The molecule has 5 aromatic carbocycles. The zero-order valence-electron chi connectivity index (χ0n) is 30.9. The summed E-state index contributed by atoms with van der Waals surface area (Å²) in [4.78, 5) is 56.6. The molecule has 0 aliphatic rings. The van der Waals surface area contributed by atoms with E-state index in [1.165, 1.54) is 47.7 Å². The van der Waals surface area contributed by atoms with Gasteiger partial charge in [0.2, 0.25) is 0 Å². The Hall–Kier alpha value is -5.30. The number of fused-ring (bicyclic) bond motifs is 1. The van der Waals surface area contributed by atoms with Crippen LogP contribution in [0, 0.1) is 0 Å². The van der Waals surface area contributed by atoms with Gasteiger partial charge in [-0.3, -0.25) is 28.3 Å². The maximum atomic E-state index is 14.1. The molecule has 0 N–H and O–H groups in total. The Balaban J connectivity index is 1.40. The highest BCUT2D eigenvalue weighted by Gasteiger charge is 2.23. The normalized spacial score (nSPS) is 12.2. The summed E-state index contributed by atoms with van der Waals surface area (Å²) >= 11 is 0. The third-order valence-corrected chi connectivity index (χ3v) is 11.4. The van der Waals surface area contributed by atoms with Gasteiger partial charge in [-0.25, -0.2) is 0 Å². The average molecular weight is 706 g/mol. The number of pyridine rings is 2. The molecular weight excluding hydrogens is 659 g/mol. The molecule has 7 heteroatoms. The van der Waals surface area contributed by atoms with Crippen LogP contribution in [0.15, 0.2) is 98.0 Å². The Morgan fingerprint density at radius 3 is 1.15 bits per heavy atom. The first kappa shape index (κ1) is 34.8. The minimum atomic E-state index is -0.258. The largest absolute Gasteiger partial charge is 0.309 e. The van der Waals surface area contributed by atoms with Gasteiger partial charge in [0, 0.05) is 61.9 Å². The SMILES string of the molecule is CCCCCCCCn1c(=O)c2ccc3c4ccc5c(=O)n(CCCCCCCC)c(=O)c6ccc(c4c56)n(-c4ccccc4)c4ccc(c1=O)c2c34. The van der Waals surface area contributed by atoms with Crippen LogP contribution in [-0.4, -0.2) is 13.7 Å². The maximum absolute atomic E-state index is 14.1. The van der Waals surface area contributed by atoms with Gasteiger partial charge in [-0.15, -0.1) is 0 Å². The van der Waals surface area contributed by atoms with Crippen molar-refractivity contribution >= 4 is 64.9 Å². The third kappa shape index (κ3) is 5.81. The van der Waals surface area contributed by atoms with Crippen molar-refractivity contribution in [1.29, 1.82) is 0 Å². The van der Waals surface area contributed by atoms with E-state index in [2.05, 4.69) is 18.4 Å². The number of benzene rings is 5. The predicted molar refractivity (Wildman–Crippen MR) is 221 cm³/mol. The minimum Gasteiger partial charge on any atom is -0.309 e. The molecule has 0 unspecified atom stereocenters. The topological polar surface area (TPSA) is 83.1 Å². The van der Waals surface area contributed by atoms with Crippen LogP contribution in [0.1, 0.15) is 90.9 Å². The number of hydrogen-bond acceptors (Lipinski definition) is 4. The van der Waals surface area contributed by atoms with Crippen LogP contribution in [0.5, 0.6) is 0 Å². The van der Waals surface area contributed by atoms with Gasteiger partial charge in [0.1, 0.15) is 0 Å². The Kier molecular flexibility index (Phi) is 9.59. The Labute approximate surface area is 307 Å². The van der Waals surface area contributed by atoms with Gasteiger partial charge < -0.3 is 4.57 Å². The van der Waals surface area contributed by atoms with E-state index in [9.17, 15) is 19.2 Å². The summed E-state index contributed by atoms with van der Waals surface area (Å²) < 4.78 is 5.01. The first-order valence-corrected chi connectivity index (χ1v) is 19.7. The van der Waals surface area contributed by atoms with Gasteiger partial charge in [0.15, 0.2) is 0 Å². The van der Waals surface area contributed by atoms with E-state index in [1.807, 2.05) is 78.9 Å². The Bertz CT molecular complexity index is 2610. The van der Waals surface area contributed by atoms with Crippen LogP contribution in [0.2, 0.25) is 0 Å². The molecule has 0 aliphatic heterocycles. The summed E-state index contributed by atoms with van der Waals surface area (Å²) in [6.45, 7) is 5.19. The fourth-order valence-electron chi connectivity index (χ4n) is 8.75. The van der Waals surface area contributed by atoms with Crippen LogP contribution in [0.25, 0.3) is 70.6 Å². The fraction of sp³-hybridized carbons (Fsp3) is 0.348. The highest BCUT2D eigenvalue weighted by Crippen LogP contribution is 2.41. The van der Waals surface area contributed by atoms with Gasteiger partial charge in [-0.05, 0) is 72.1 Å². The molecule has 8 aromatic rings. The van der Waals surface area contributed by atoms with Gasteiger partial charge in [0.25, 0.3) is 22.2 Å². The second-order valence-electron chi connectivity index (χ2n) is 14.8. The van der Waals surface area contributed by atoms with Gasteiger partial charge in [-0.2, -0.15) is 0 Å². The maximum Gasteiger partial charge on any atom is 0.261 e. The van der Waals surface area contributed by atoms with Crippen LogP contribution in [-0.2, 0) is 13.1 Å². The van der Waals surface area contributed by atoms with E-state index in [-0.39, 0.29) is 22.2 Å². The van der Waals surface area contributed by atoms with E-state index >= 15 is 0 Å². The highest BCUT2D eigenvalue weighted by atomic mass is 16.2. The van der Waals surface area contributed by atoms with Crippen molar-refractivity contribution in [3.8, 4) is 5.69 Å². The first-order valence-electron chi connectivity index (χ1n) is 19.7. The summed E-state index contributed by atoms with van der Waals surface area (Å²) in [6, 6.07) is 25.4. The van der Waals surface area contributed by atoms with Crippen LogP contribution >= 0.6 is 0 Å². The van der Waals surface area contributed by atoms with Crippen molar-refractivity contribution in [2.45, 2.75) is 104 Å². The van der Waals surface area contributed by atoms with Crippen molar-refractivity contribution in [2.75, 3.05) is 0 Å².